The Bertz CT molecular complexity index is 597. The second-order valence-corrected chi connectivity index (χ2v) is 7.62. The van der Waals surface area contributed by atoms with Gasteiger partial charge >= 0.3 is 0 Å². The summed E-state index contributed by atoms with van der Waals surface area (Å²) in [6.07, 6.45) is 6.00. The zero-order valence-electron chi connectivity index (χ0n) is 15.5. The molecule has 24 heavy (non-hydrogen) atoms. The van der Waals surface area contributed by atoms with Gasteiger partial charge in [0.05, 0.1) is 6.04 Å². The number of aryl methyl sites for hydroxylation is 2. The highest BCUT2D eigenvalue weighted by atomic mass is 16.2. The van der Waals surface area contributed by atoms with Crippen LogP contribution in [0.2, 0.25) is 0 Å². The third-order valence-corrected chi connectivity index (χ3v) is 5.29. The Kier molecular flexibility index (Phi) is 5.07. The smallest absolute Gasteiger partial charge is 0.224 e. The summed E-state index contributed by atoms with van der Waals surface area (Å²) in [5.41, 5.74) is 1.17. The molecule has 0 spiro atoms. The summed E-state index contributed by atoms with van der Waals surface area (Å²) in [7, 11) is 0. The molecule has 1 saturated heterocycles. The van der Waals surface area contributed by atoms with Crippen molar-refractivity contribution in [1.29, 1.82) is 0 Å². The van der Waals surface area contributed by atoms with Crippen LogP contribution in [0.5, 0.6) is 0 Å². The maximum atomic E-state index is 12.8. The van der Waals surface area contributed by atoms with Crippen LogP contribution < -0.4 is 4.90 Å². The van der Waals surface area contributed by atoms with E-state index in [9.17, 15) is 4.79 Å². The maximum absolute atomic E-state index is 12.8. The van der Waals surface area contributed by atoms with E-state index in [-0.39, 0.29) is 6.04 Å². The normalized spacial score (nSPS) is 22.2. The molecule has 1 aromatic heterocycles. The van der Waals surface area contributed by atoms with Crippen molar-refractivity contribution in [3.05, 3.63) is 17.6 Å². The fourth-order valence-corrected chi connectivity index (χ4v) is 3.56. The van der Waals surface area contributed by atoms with Crippen LogP contribution in [-0.2, 0) is 11.2 Å². The number of hydrogen-bond acceptors (Lipinski definition) is 4. The third kappa shape index (κ3) is 3.70. The lowest BCUT2D eigenvalue weighted by molar-refractivity contribution is -0.133. The summed E-state index contributed by atoms with van der Waals surface area (Å²) in [5.74, 6) is 3.31. The van der Waals surface area contributed by atoms with Crippen molar-refractivity contribution in [1.82, 2.24) is 14.9 Å². The van der Waals surface area contributed by atoms with Gasteiger partial charge in [-0.05, 0) is 38.0 Å². The molecule has 0 bridgehead atoms. The average molecular weight is 330 g/mol. The minimum atomic E-state index is 0.264. The Hall–Kier alpha value is -1.65. The van der Waals surface area contributed by atoms with E-state index in [4.69, 9.17) is 4.98 Å². The molecule has 0 aromatic carbocycles. The van der Waals surface area contributed by atoms with E-state index >= 15 is 0 Å². The van der Waals surface area contributed by atoms with Gasteiger partial charge in [0.1, 0.15) is 11.6 Å². The molecule has 1 aliphatic carbocycles. The highest BCUT2D eigenvalue weighted by Gasteiger charge is 2.36. The van der Waals surface area contributed by atoms with E-state index in [0.717, 1.165) is 43.6 Å². The van der Waals surface area contributed by atoms with Gasteiger partial charge in [0.15, 0.2) is 0 Å². The molecule has 1 atom stereocenters. The van der Waals surface area contributed by atoms with Crippen LogP contribution in [0.1, 0.15) is 51.4 Å². The average Bonchev–Trinajstić information content (AvgIpc) is 3.37. The number of nitrogens with zero attached hydrogens (tertiary/aromatic N) is 4. The summed E-state index contributed by atoms with van der Waals surface area (Å²) in [6.45, 7) is 11.1. The lowest BCUT2D eigenvalue weighted by Crippen LogP contribution is -2.47. The largest absolute Gasteiger partial charge is 0.354 e. The van der Waals surface area contributed by atoms with E-state index in [2.05, 4.69) is 35.6 Å². The monoisotopic (exact) mass is 330 g/mol. The molecule has 1 aromatic rings. The Balaban J connectivity index is 1.88. The van der Waals surface area contributed by atoms with Crippen molar-refractivity contribution in [3.8, 4) is 0 Å². The fraction of sp³-hybridized carbons (Fsp3) is 0.737. The maximum Gasteiger partial charge on any atom is 0.224 e. The fourth-order valence-electron chi connectivity index (χ4n) is 3.56. The predicted molar refractivity (Wildman–Crippen MR) is 96.0 cm³/mol. The van der Waals surface area contributed by atoms with Gasteiger partial charge in [-0.15, -0.1) is 0 Å². The van der Waals surface area contributed by atoms with Gasteiger partial charge < -0.3 is 9.80 Å². The minimum Gasteiger partial charge on any atom is -0.354 e. The Morgan fingerprint density at radius 2 is 2.08 bits per heavy atom. The van der Waals surface area contributed by atoms with Crippen LogP contribution in [-0.4, -0.2) is 46.5 Å². The SMILES string of the molecule is CCc1cnc(C)nc1N1CCC(=O)N(CC2CC2)C(C(C)C)C1. The molecule has 5 nitrogen and oxygen atoms in total. The van der Waals surface area contributed by atoms with E-state index < -0.39 is 0 Å². The van der Waals surface area contributed by atoms with Crippen molar-refractivity contribution >= 4 is 11.7 Å². The quantitative estimate of drug-likeness (QED) is 0.833. The summed E-state index contributed by atoms with van der Waals surface area (Å²) < 4.78 is 0. The number of rotatable bonds is 5. The van der Waals surface area contributed by atoms with Gasteiger partial charge in [0.2, 0.25) is 5.91 Å². The summed E-state index contributed by atoms with van der Waals surface area (Å²) in [6, 6.07) is 0.264. The van der Waals surface area contributed by atoms with Crippen molar-refractivity contribution in [3.63, 3.8) is 0 Å². The first-order valence-electron chi connectivity index (χ1n) is 9.36. The molecule has 0 N–H and O–H groups in total. The van der Waals surface area contributed by atoms with E-state index in [1.165, 1.54) is 18.4 Å². The first-order valence-corrected chi connectivity index (χ1v) is 9.36. The summed E-state index contributed by atoms with van der Waals surface area (Å²) >= 11 is 0. The van der Waals surface area contributed by atoms with Crippen LogP contribution in [0, 0.1) is 18.8 Å². The van der Waals surface area contributed by atoms with Gasteiger partial charge in [0.25, 0.3) is 0 Å². The standard InChI is InChI=1S/C19H30N4O/c1-5-16-10-20-14(4)21-19(16)22-9-8-18(24)23(11-15-6-7-15)17(12-22)13(2)3/h10,13,15,17H,5-9,11-12H2,1-4H3. The second kappa shape index (κ2) is 7.08. The third-order valence-electron chi connectivity index (χ3n) is 5.29. The van der Waals surface area contributed by atoms with Crippen molar-refractivity contribution in [2.24, 2.45) is 11.8 Å². The van der Waals surface area contributed by atoms with Gasteiger partial charge in [-0.2, -0.15) is 0 Å². The molecular weight excluding hydrogens is 300 g/mol. The lowest BCUT2D eigenvalue weighted by atomic mass is 10.0. The molecule has 2 heterocycles. The molecule has 132 valence electrons. The number of hydrogen-bond donors (Lipinski definition) is 0. The Labute approximate surface area is 145 Å². The summed E-state index contributed by atoms with van der Waals surface area (Å²) in [5, 5.41) is 0. The minimum absolute atomic E-state index is 0.264. The van der Waals surface area contributed by atoms with E-state index in [1.807, 2.05) is 13.1 Å². The number of carbonyl (C=O) groups is 1. The van der Waals surface area contributed by atoms with Crippen LogP contribution >= 0.6 is 0 Å². The van der Waals surface area contributed by atoms with Gasteiger partial charge in [0, 0.05) is 37.8 Å². The zero-order chi connectivity index (χ0) is 17.3. The van der Waals surface area contributed by atoms with Crippen molar-refractivity contribution in [2.45, 2.75) is 59.4 Å². The molecule has 2 fully saturated rings. The first kappa shape index (κ1) is 17.2. The number of aromatic nitrogens is 2. The van der Waals surface area contributed by atoms with Gasteiger partial charge in [-0.3, -0.25) is 4.79 Å². The van der Waals surface area contributed by atoms with E-state index in [0.29, 0.717) is 18.2 Å². The highest BCUT2D eigenvalue weighted by Crippen LogP contribution is 2.33. The number of carbonyl (C=O) groups excluding carboxylic acids is 1. The molecule has 1 amide bonds. The molecule has 2 aliphatic rings. The topological polar surface area (TPSA) is 49.3 Å². The lowest BCUT2D eigenvalue weighted by Gasteiger charge is -2.35. The van der Waals surface area contributed by atoms with Crippen molar-refractivity contribution < 1.29 is 4.79 Å². The van der Waals surface area contributed by atoms with Crippen LogP contribution in [0.15, 0.2) is 6.20 Å². The number of anilines is 1. The molecule has 1 unspecified atom stereocenters. The first-order chi connectivity index (χ1) is 11.5. The van der Waals surface area contributed by atoms with Gasteiger partial charge in [-0.1, -0.05) is 20.8 Å². The van der Waals surface area contributed by atoms with Crippen LogP contribution in [0.4, 0.5) is 5.82 Å². The summed E-state index contributed by atoms with van der Waals surface area (Å²) in [4.78, 5) is 26.3. The molecule has 5 heteroatoms. The molecule has 3 rings (SSSR count). The molecular formula is C19H30N4O. The van der Waals surface area contributed by atoms with E-state index in [1.54, 1.807) is 0 Å². The van der Waals surface area contributed by atoms with Crippen LogP contribution in [0.25, 0.3) is 0 Å². The molecule has 1 aliphatic heterocycles. The molecule has 1 saturated carbocycles. The Morgan fingerprint density at radius 1 is 1.33 bits per heavy atom. The predicted octanol–water partition coefficient (Wildman–Crippen LogP) is 2.82. The molecule has 0 radical (unpaired) electrons. The van der Waals surface area contributed by atoms with Gasteiger partial charge in [-0.25, -0.2) is 9.97 Å². The van der Waals surface area contributed by atoms with Crippen molar-refractivity contribution in [2.75, 3.05) is 24.5 Å². The van der Waals surface area contributed by atoms with Crippen LogP contribution in [0.3, 0.4) is 0 Å². The Morgan fingerprint density at radius 3 is 2.71 bits per heavy atom. The zero-order valence-corrected chi connectivity index (χ0v) is 15.5. The highest BCUT2D eigenvalue weighted by molar-refractivity contribution is 5.78. The number of amides is 1. The second-order valence-electron chi connectivity index (χ2n) is 7.62.